The predicted molar refractivity (Wildman–Crippen MR) is 129 cm³/mol. The van der Waals surface area contributed by atoms with Crippen molar-refractivity contribution >= 4 is 33.3 Å². The summed E-state index contributed by atoms with van der Waals surface area (Å²) in [6.07, 6.45) is 5.61. The Labute approximate surface area is 188 Å². The van der Waals surface area contributed by atoms with Crippen molar-refractivity contribution in [3.8, 4) is 10.6 Å². The van der Waals surface area contributed by atoms with Crippen LogP contribution < -0.4 is 5.32 Å². The molecule has 0 radical (unpaired) electrons. The quantitative estimate of drug-likeness (QED) is 0.615. The number of piperidine rings is 1. The van der Waals surface area contributed by atoms with Gasteiger partial charge in [-0.3, -0.25) is 4.79 Å². The van der Waals surface area contributed by atoms with Gasteiger partial charge in [-0.05, 0) is 81.4 Å². The number of amides is 1. The van der Waals surface area contributed by atoms with Gasteiger partial charge in [-0.1, -0.05) is 6.07 Å². The first-order valence-corrected chi connectivity index (χ1v) is 11.7. The summed E-state index contributed by atoms with van der Waals surface area (Å²) in [4.78, 5) is 26.7. The molecule has 0 aliphatic carbocycles. The van der Waals surface area contributed by atoms with Crippen LogP contribution in [0, 0.1) is 12.8 Å². The van der Waals surface area contributed by atoms with E-state index in [2.05, 4.69) is 28.3 Å². The van der Waals surface area contributed by atoms with E-state index in [1.165, 1.54) is 25.9 Å². The van der Waals surface area contributed by atoms with Crippen molar-refractivity contribution in [2.75, 3.05) is 46.1 Å². The van der Waals surface area contributed by atoms with Crippen LogP contribution in [0.3, 0.4) is 0 Å². The minimum absolute atomic E-state index is 0.0196. The lowest BCUT2D eigenvalue weighted by Crippen LogP contribution is -2.30. The third-order valence-electron chi connectivity index (χ3n) is 6.05. The van der Waals surface area contributed by atoms with E-state index in [1.54, 1.807) is 30.3 Å². The average molecular weight is 438 g/mol. The summed E-state index contributed by atoms with van der Waals surface area (Å²) in [5, 5.41) is 4.56. The summed E-state index contributed by atoms with van der Waals surface area (Å²) >= 11 is 1.67. The lowest BCUT2D eigenvalue weighted by molar-refractivity contribution is 0.0828. The monoisotopic (exact) mass is 437 g/mol. The predicted octanol–water partition coefficient (Wildman–Crippen LogP) is 4.51. The Bertz CT molecular complexity index is 1070. The van der Waals surface area contributed by atoms with E-state index >= 15 is 0 Å². The normalized spacial score (nSPS) is 15.4. The average Bonchev–Trinajstić information content (AvgIpc) is 3.18. The maximum Gasteiger partial charge on any atom is 0.253 e. The zero-order valence-corrected chi connectivity index (χ0v) is 19.6. The van der Waals surface area contributed by atoms with Gasteiger partial charge in [0.25, 0.3) is 5.91 Å². The fourth-order valence-electron chi connectivity index (χ4n) is 4.05. The molecule has 4 rings (SSSR count). The number of aryl methyl sites for hydroxylation is 1. The summed E-state index contributed by atoms with van der Waals surface area (Å²) < 4.78 is 1.09. The van der Waals surface area contributed by atoms with Crippen LogP contribution in [0.4, 0.5) is 5.95 Å². The van der Waals surface area contributed by atoms with Crippen molar-refractivity contribution in [2.45, 2.75) is 26.2 Å². The summed E-state index contributed by atoms with van der Waals surface area (Å²) in [6.45, 7) is 5.34. The Morgan fingerprint density at radius 1 is 1.26 bits per heavy atom. The van der Waals surface area contributed by atoms with Gasteiger partial charge in [-0.25, -0.2) is 9.97 Å². The molecular formula is C24H31N5OS. The highest BCUT2D eigenvalue weighted by Crippen LogP contribution is 2.35. The standard InChI is InChI=1S/C24H31N5OS/c1-16-15-26-24(25-10-7-17-8-11-29(4)12-9-17)27-22(16)21-13-18-5-6-19(14-20(18)31-21)23(30)28(2)3/h5-6,13-15,17H,7-12H2,1-4H3,(H,25,26,27). The second-order valence-corrected chi connectivity index (χ2v) is 9.83. The minimum Gasteiger partial charge on any atom is -0.354 e. The smallest absolute Gasteiger partial charge is 0.253 e. The first kappa shape index (κ1) is 21.7. The van der Waals surface area contributed by atoms with Gasteiger partial charge >= 0.3 is 0 Å². The Morgan fingerprint density at radius 2 is 2.03 bits per heavy atom. The summed E-state index contributed by atoms with van der Waals surface area (Å²) in [5.41, 5.74) is 2.72. The molecule has 1 N–H and O–H groups in total. The van der Waals surface area contributed by atoms with Gasteiger partial charge < -0.3 is 15.1 Å². The molecule has 0 saturated carbocycles. The van der Waals surface area contributed by atoms with Crippen LogP contribution in [0.1, 0.15) is 35.2 Å². The fourth-order valence-corrected chi connectivity index (χ4v) is 5.21. The number of hydrogen-bond donors (Lipinski definition) is 1. The molecule has 1 aliphatic rings. The molecule has 1 amide bonds. The highest BCUT2D eigenvalue weighted by molar-refractivity contribution is 7.22. The van der Waals surface area contributed by atoms with Crippen LogP contribution in [0.15, 0.2) is 30.5 Å². The Balaban J connectivity index is 1.48. The molecule has 1 aromatic carbocycles. The van der Waals surface area contributed by atoms with Gasteiger partial charge in [0.2, 0.25) is 5.95 Å². The number of benzene rings is 1. The fraction of sp³-hybridized carbons (Fsp3) is 0.458. The van der Waals surface area contributed by atoms with Gasteiger partial charge in [-0.2, -0.15) is 0 Å². The molecule has 1 aliphatic heterocycles. The SMILES string of the molecule is Cc1cnc(NCCC2CCN(C)CC2)nc1-c1cc2ccc(C(=O)N(C)C)cc2s1. The van der Waals surface area contributed by atoms with Crippen LogP contribution in [-0.2, 0) is 0 Å². The Morgan fingerprint density at radius 3 is 2.77 bits per heavy atom. The lowest BCUT2D eigenvalue weighted by Gasteiger charge is -2.28. The first-order chi connectivity index (χ1) is 14.9. The molecule has 3 aromatic rings. The first-order valence-electron chi connectivity index (χ1n) is 10.9. The number of aromatic nitrogens is 2. The van der Waals surface area contributed by atoms with Crippen LogP contribution in [0.25, 0.3) is 20.7 Å². The molecule has 164 valence electrons. The third-order valence-corrected chi connectivity index (χ3v) is 7.16. The number of fused-ring (bicyclic) bond motifs is 1. The summed E-state index contributed by atoms with van der Waals surface area (Å²) in [5.74, 6) is 1.50. The number of carbonyl (C=O) groups excluding carboxylic acids is 1. The van der Waals surface area contributed by atoms with Crippen LogP contribution in [0.5, 0.6) is 0 Å². The van der Waals surface area contributed by atoms with E-state index in [4.69, 9.17) is 4.98 Å². The van der Waals surface area contributed by atoms with E-state index in [1.807, 2.05) is 31.3 Å². The largest absolute Gasteiger partial charge is 0.354 e. The number of carbonyl (C=O) groups is 1. The number of nitrogens with one attached hydrogen (secondary N) is 1. The van der Waals surface area contributed by atoms with E-state index in [9.17, 15) is 4.79 Å². The molecular weight excluding hydrogens is 406 g/mol. The molecule has 7 heteroatoms. The zero-order chi connectivity index (χ0) is 22.0. The minimum atomic E-state index is 0.0196. The summed E-state index contributed by atoms with van der Waals surface area (Å²) in [6, 6.07) is 8.04. The topological polar surface area (TPSA) is 61.4 Å². The van der Waals surface area contributed by atoms with Gasteiger partial charge in [0.05, 0.1) is 10.6 Å². The number of hydrogen-bond acceptors (Lipinski definition) is 6. The van der Waals surface area contributed by atoms with E-state index in [0.717, 1.165) is 45.1 Å². The number of thiophene rings is 1. The highest BCUT2D eigenvalue weighted by atomic mass is 32.1. The second kappa shape index (κ2) is 9.32. The molecule has 0 atom stereocenters. The van der Waals surface area contributed by atoms with E-state index in [0.29, 0.717) is 11.5 Å². The van der Waals surface area contributed by atoms with Gasteiger partial charge in [-0.15, -0.1) is 11.3 Å². The maximum atomic E-state index is 12.3. The van der Waals surface area contributed by atoms with Crippen LogP contribution >= 0.6 is 11.3 Å². The van der Waals surface area contributed by atoms with Crippen molar-refractivity contribution in [2.24, 2.45) is 5.92 Å². The molecule has 1 saturated heterocycles. The van der Waals surface area contributed by atoms with Crippen molar-refractivity contribution in [1.82, 2.24) is 19.8 Å². The van der Waals surface area contributed by atoms with E-state index in [-0.39, 0.29) is 5.91 Å². The van der Waals surface area contributed by atoms with Crippen molar-refractivity contribution in [3.05, 3.63) is 41.6 Å². The molecule has 0 bridgehead atoms. The van der Waals surface area contributed by atoms with Crippen molar-refractivity contribution < 1.29 is 4.79 Å². The molecule has 6 nitrogen and oxygen atoms in total. The molecule has 1 fully saturated rings. The maximum absolute atomic E-state index is 12.3. The summed E-state index contributed by atoms with van der Waals surface area (Å²) in [7, 11) is 5.75. The Kier molecular flexibility index (Phi) is 6.53. The number of anilines is 1. The third kappa shape index (κ3) is 5.05. The van der Waals surface area contributed by atoms with E-state index < -0.39 is 0 Å². The van der Waals surface area contributed by atoms with Gasteiger partial charge in [0.1, 0.15) is 0 Å². The molecule has 0 unspecified atom stereocenters. The molecule has 31 heavy (non-hydrogen) atoms. The Hall–Kier alpha value is -2.51. The van der Waals surface area contributed by atoms with Crippen LogP contribution in [-0.4, -0.2) is 66.5 Å². The highest BCUT2D eigenvalue weighted by Gasteiger charge is 2.17. The van der Waals surface area contributed by atoms with Crippen molar-refractivity contribution in [1.29, 1.82) is 0 Å². The van der Waals surface area contributed by atoms with Crippen LogP contribution in [0.2, 0.25) is 0 Å². The zero-order valence-electron chi connectivity index (χ0n) is 18.8. The molecule has 0 spiro atoms. The lowest BCUT2D eigenvalue weighted by atomic mass is 9.94. The van der Waals surface area contributed by atoms with Crippen molar-refractivity contribution in [3.63, 3.8) is 0 Å². The molecule has 3 heterocycles. The van der Waals surface area contributed by atoms with Gasteiger partial charge in [0, 0.05) is 37.1 Å². The number of nitrogens with zero attached hydrogens (tertiary/aromatic N) is 4. The molecule has 2 aromatic heterocycles. The van der Waals surface area contributed by atoms with Gasteiger partial charge in [0.15, 0.2) is 0 Å². The number of likely N-dealkylation sites (tertiary alicyclic amines) is 1. The number of rotatable bonds is 6. The second-order valence-electron chi connectivity index (χ2n) is 8.75.